The second-order valence-electron chi connectivity index (χ2n) is 5.33. The second-order valence-corrected chi connectivity index (χ2v) is 5.33. The van der Waals surface area contributed by atoms with Crippen LogP contribution in [0.3, 0.4) is 0 Å². The van der Waals surface area contributed by atoms with Crippen LogP contribution in [0.1, 0.15) is 48.7 Å². The second kappa shape index (κ2) is 5.48. The molecule has 0 spiro atoms. The minimum atomic E-state index is -0.159. The van der Waals surface area contributed by atoms with Gasteiger partial charge < -0.3 is 9.51 Å². The molecule has 1 aliphatic carbocycles. The van der Waals surface area contributed by atoms with Gasteiger partial charge in [0.2, 0.25) is 11.9 Å². The zero-order valence-electron chi connectivity index (χ0n) is 11.5. The Morgan fingerprint density at radius 2 is 2.30 bits per heavy atom. The van der Waals surface area contributed by atoms with Crippen molar-refractivity contribution in [1.29, 1.82) is 0 Å². The van der Waals surface area contributed by atoms with Crippen LogP contribution in [0.5, 0.6) is 0 Å². The number of rotatable bonds is 4. The molecule has 20 heavy (non-hydrogen) atoms. The molecular weight excluding hydrogens is 256 g/mol. The lowest BCUT2D eigenvalue weighted by Crippen LogP contribution is -2.15. The summed E-state index contributed by atoms with van der Waals surface area (Å²) in [4.78, 5) is 19.3. The van der Waals surface area contributed by atoms with Gasteiger partial charge in [0.25, 0.3) is 0 Å². The predicted molar refractivity (Wildman–Crippen MR) is 73.4 cm³/mol. The Morgan fingerprint density at radius 1 is 1.50 bits per heavy atom. The zero-order valence-corrected chi connectivity index (χ0v) is 11.5. The third-order valence-corrected chi connectivity index (χ3v) is 3.66. The largest absolute Gasteiger partial charge is 0.361 e. The number of anilines is 1. The molecule has 0 unspecified atom stereocenters. The van der Waals surface area contributed by atoms with Gasteiger partial charge in [-0.05, 0) is 19.8 Å². The predicted octanol–water partition coefficient (Wildman–Crippen LogP) is 2.54. The molecule has 1 aliphatic rings. The number of carbonyl (C=O) groups excluding carboxylic acids is 1. The highest BCUT2D eigenvalue weighted by atomic mass is 16.5. The molecule has 106 valence electrons. The fourth-order valence-electron chi connectivity index (χ4n) is 2.68. The van der Waals surface area contributed by atoms with E-state index in [4.69, 9.17) is 4.52 Å². The van der Waals surface area contributed by atoms with Crippen LogP contribution in [0.4, 0.5) is 5.95 Å². The quantitative estimate of drug-likeness (QED) is 0.897. The number of nitrogens with zero attached hydrogens (tertiary/aromatic N) is 2. The van der Waals surface area contributed by atoms with Crippen molar-refractivity contribution in [3.05, 3.63) is 29.4 Å². The highest BCUT2D eigenvalue weighted by molar-refractivity contribution is 5.90. The number of amides is 1. The summed E-state index contributed by atoms with van der Waals surface area (Å²) in [7, 11) is 0. The summed E-state index contributed by atoms with van der Waals surface area (Å²) in [6.45, 7) is 1.82. The Labute approximate surface area is 117 Å². The van der Waals surface area contributed by atoms with Crippen LogP contribution in [-0.2, 0) is 11.2 Å². The van der Waals surface area contributed by atoms with Gasteiger partial charge in [-0.25, -0.2) is 4.98 Å². The molecule has 0 saturated heterocycles. The number of nitrogens with one attached hydrogen (secondary N) is 2. The summed E-state index contributed by atoms with van der Waals surface area (Å²) in [6, 6.07) is 1.76. The van der Waals surface area contributed by atoms with E-state index in [1.807, 2.05) is 13.1 Å². The maximum atomic E-state index is 11.9. The summed E-state index contributed by atoms with van der Waals surface area (Å²) in [6.07, 6.45) is 6.94. The molecule has 6 heteroatoms. The summed E-state index contributed by atoms with van der Waals surface area (Å²) in [5, 5.41) is 6.50. The van der Waals surface area contributed by atoms with Gasteiger partial charge in [0, 0.05) is 17.7 Å². The molecule has 3 rings (SSSR count). The monoisotopic (exact) mass is 274 g/mol. The molecule has 2 N–H and O–H groups in total. The van der Waals surface area contributed by atoms with E-state index in [1.165, 1.54) is 25.7 Å². The number of aromatic amines is 1. The Kier molecular flexibility index (Phi) is 3.54. The van der Waals surface area contributed by atoms with Crippen molar-refractivity contribution >= 4 is 11.9 Å². The molecule has 1 fully saturated rings. The molecule has 0 aliphatic heterocycles. The van der Waals surface area contributed by atoms with E-state index in [-0.39, 0.29) is 12.3 Å². The van der Waals surface area contributed by atoms with E-state index >= 15 is 0 Å². The van der Waals surface area contributed by atoms with Gasteiger partial charge in [0.05, 0.1) is 18.3 Å². The minimum absolute atomic E-state index is 0.159. The van der Waals surface area contributed by atoms with Gasteiger partial charge in [0.15, 0.2) is 0 Å². The third kappa shape index (κ3) is 2.89. The lowest BCUT2D eigenvalue weighted by molar-refractivity contribution is -0.115. The first-order chi connectivity index (χ1) is 9.70. The lowest BCUT2D eigenvalue weighted by atomic mass is 10.1. The van der Waals surface area contributed by atoms with Gasteiger partial charge >= 0.3 is 0 Å². The summed E-state index contributed by atoms with van der Waals surface area (Å²) in [5.41, 5.74) is 1.89. The third-order valence-electron chi connectivity index (χ3n) is 3.66. The standard InChI is InChI=1S/C14H18N4O2/c1-9-6-11(20-18-9)7-13(19)17-14-15-8-12(16-14)10-4-2-3-5-10/h6,8,10H,2-5,7H2,1H3,(H2,15,16,17,19). The van der Waals surface area contributed by atoms with E-state index in [0.29, 0.717) is 17.6 Å². The van der Waals surface area contributed by atoms with Crippen molar-refractivity contribution in [1.82, 2.24) is 15.1 Å². The average Bonchev–Trinajstić information content (AvgIpc) is 3.10. The highest BCUT2D eigenvalue weighted by Gasteiger charge is 2.19. The molecule has 2 aromatic rings. The zero-order chi connectivity index (χ0) is 13.9. The number of H-pyrrole nitrogens is 1. The average molecular weight is 274 g/mol. The number of hydrogen-bond acceptors (Lipinski definition) is 4. The van der Waals surface area contributed by atoms with Crippen molar-refractivity contribution in [2.45, 2.75) is 44.9 Å². The fourth-order valence-corrected chi connectivity index (χ4v) is 2.68. The van der Waals surface area contributed by atoms with Crippen molar-refractivity contribution in [2.24, 2.45) is 0 Å². The maximum Gasteiger partial charge on any atom is 0.234 e. The van der Waals surface area contributed by atoms with Crippen molar-refractivity contribution in [2.75, 3.05) is 5.32 Å². The van der Waals surface area contributed by atoms with Crippen LogP contribution in [0, 0.1) is 6.92 Å². The van der Waals surface area contributed by atoms with E-state index in [2.05, 4.69) is 20.4 Å². The first kappa shape index (κ1) is 12.9. The van der Waals surface area contributed by atoms with E-state index in [9.17, 15) is 4.79 Å². The molecule has 0 bridgehead atoms. The van der Waals surface area contributed by atoms with Crippen molar-refractivity contribution in [3.8, 4) is 0 Å². The summed E-state index contributed by atoms with van der Waals surface area (Å²) < 4.78 is 5.02. The molecular formula is C14H18N4O2. The summed E-state index contributed by atoms with van der Waals surface area (Å²) in [5.74, 6) is 1.47. The Balaban J connectivity index is 1.58. The molecule has 1 saturated carbocycles. The first-order valence-corrected chi connectivity index (χ1v) is 6.97. The number of carbonyl (C=O) groups is 1. The topological polar surface area (TPSA) is 83.8 Å². The van der Waals surface area contributed by atoms with Gasteiger partial charge in [-0.3, -0.25) is 10.1 Å². The van der Waals surface area contributed by atoms with Gasteiger partial charge in [0.1, 0.15) is 5.76 Å². The Morgan fingerprint density at radius 3 is 3.00 bits per heavy atom. The number of imidazole rings is 1. The van der Waals surface area contributed by atoms with Crippen LogP contribution in [-0.4, -0.2) is 21.0 Å². The van der Waals surface area contributed by atoms with E-state index in [1.54, 1.807) is 6.07 Å². The first-order valence-electron chi connectivity index (χ1n) is 6.97. The SMILES string of the molecule is Cc1cc(CC(=O)Nc2ncc(C3CCCC3)[nH]2)on1. The van der Waals surface area contributed by atoms with Crippen LogP contribution < -0.4 is 5.32 Å². The van der Waals surface area contributed by atoms with Gasteiger partial charge in [-0.2, -0.15) is 0 Å². The van der Waals surface area contributed by atoms with Crippen LogP contribution in [0.2, 0.25) is 0 Å². The molecule has 2 aromatic heterocycles. The lowest BCUT2D eigenvalue weighted by Gasteiger charge is -2.04. The number of hydrogen-bond donors (Lipinski definition) is 2. The van der Waals surface area contributed by atoms with Crippen molar-refractivity contribution in [3.63, 3.8) is 0 Å². The molecule has 1 amide bonds. The fraction of sp³-hybridized carbons (Fsp3) is 0.500. The highest BCUT2D eigenvalue weighted by Crippen LogP contribution is 2.33. The smallest absolute Gasteiger partial charge is 0.234 e. The molecule has 0 radical (unpaired) electrons. The Bertz CT molecular complexity index is 596. The summed E-state index contributed by atoms with van der Waals surface area (Å²) >= 11 is 0. The minimum Gasteiger partial charge on any atom is -0.361 e. The molecule has 0 atom stereocenters. The molecule has 0 aromatic carbocycles. The van der Waals surface area contributed by atoms with Crippen LogP contribution in [0.15, 0.2) is 16.8 Å². The number of aryl methyl sites for hydroxylation is 1. The number of aromatic nitrogens is 3. The van der Waals surface area contributed by atoms with E-state index in [0.717, 1.165) is 11.4 Å². The maximum absolute atomic E-state index is 11.9. The normalized spacial score (nSPS) is 15.7. The Hall–Kier alpha value is -2.11. The van der Waals surface area contributed by atoms with E-state index < -0.39 is 0 Å². The molecule has 2 heterocycles. The van der Waals surface area contributed by atoms with Crippen molar-refractivity contribution < 1.29 is 9.32 Å². The molecule has 6 nitrogen and oxygen atoms in total. The van der Waals surface area contributed by atoms with Gasteiger partial charge in [-0.1, -0.05) is 18.0 Å². The van der Waals surface area contributed by atoms with Crippen LogP contribution in [0.25, 0.3) is 0 Å². The van der Waals surface area contributed by atoms with Crippen LogP contribution >= 0.6 is 0 Å². The van der Waals surface area contributed by atoms with Gasteiger partial charge in [-0.15, -0.1) is 0 Å².